The van der Waals surface area contributed by atoms with Crippen molar-refractivity contribution in [3.63, 3.8) is 0 Å². The molecule has 2 atom stereocenters. The zero-order valence-corrected chi connectivity index (χ0v) is 11.6. The molecule has 1 saturated heterocycles. The lowest BCUT2D eigenvalue weighted by Crippen LogP contribution is -2.42. The van der Waals surface area contributed by atoms with Gasteiger partial charge in [0.25, 0.3) is 0 Å². The topological polar surface area (TPSA) is 87.7 Å². The van der Waals surface area contributed by atoms with Crippen LogP contribution >= 0.6 is 0 Å². The smallest absolute Gasteiger partial charge is 0.314 e. The number of carboxylic acids is 1. The highest BCUT2D eigenvalue weighted by atomic mass is 16.5. The molecule has 0 aromatic rings. The van der Waals surface area contributed by atoms with E-state index in [1.807, 2.05) is 13.8 Å². The molecule has 1 aliphatic rings. The number of urea groups is 1. The molecule has 0 aromatic heterocycles. The van der Waals surface area contributed by atoms with Crippen LogP contribution in [0.1, 0.15) is 33.1 Å². The van der Waals surface area contributed by atoms with Crippen molar-refractivity contribution in [3.05, 3.63) is 0 Å². The lowest BCUT2D eigenvalue weighted by Gasteiger charge is -2.17. The molecule has 0 aliphatic carbocycles. The van der Waals surface area contributed by atoms with E-state index in [9.17, 15) is 9.59 Å². The summed E-state index contributed by atoms with van der Waals surface area (Å²) < 4.78 is 5.45. The summed E-state index contributed by atoms with van der Waals surface area (Å²) in [4.78, 5) is 22.5. The number of hydrogen-bond donors (Lipinski definition) is 3. The van der Waals surface area contributed by atoms with Crippen LogP contribution in [0.25, 0.3) is 0 Å². The summed E-state index contributed by atoms with van der Waals surface area (Å²) in [7, 11) is 0. The molecule has 2 amide bonds. The van der Waals surface area contributed by atoms with Crippen molar-refractivity contribution in [1.82, 2.24) is 10.6 Å². The van der Waals surface area contributed by atoms with Gasteiger partial charge in [-0.1, -0.05) is 13.8 Å². The van der Waals surface area contributed by atoms with Crippen LogP contribution in [0.4, 0.5) is 4.79 Å². The molecular weight excluding hydrogens is 248 g/mol. The lowest BCUT2D eigenvalue weighted by molar-refractivity contribution is -0.142. The first kappa shape index (κ1) is 15.8. The highest BCUT2D eigenvalue weighted by Crippen LogP contribution is 2.14. The molecule has 0 aromatic carbocycles. The lowest BCUT2D eigenvalue weighted by atomic mass is 9.96. The van der Waals surface area contributed by atoms with Gasteiger partial charge in [0.15, 0.2) is 0 Å². The fourth-order valence-corrected chi connectivity index (χ4v) is 2.09. The van der Waals surface area contributed by atoms with E-state index in [-0.39, 0.29) is 24.6 Å². The Bertz CT molecular complexity index is 301. The van der Waals surface area contributed by atoms with Gasteiger partial charge in [0.2, 0.25) is 0 Å². The second-order valence-electron chi connectivity index (χ2n) is 5.25. The highest BCUT2D eigenvalue weighted by Gasteiger charge is 2.22. The minimum Gasteiger partial charge on any atom is -0.481 e. The molecule has 0 saturated carbocycles. The molecule has 1 rings (SSSR count). The van der Waals surface area contributed by atoms with Gasteiger partial charge >= 0.3 is 12.0 Å². The number of carboxylic acid groups (broad SMARTS) is 1. The molecule has 1 aliphatic heterocycles. The van der Waals surface area contributed by atoms with Gasteiger partial charge in [0, 0.05) is 19.7 Å². The second-order valence-corrected chi connectivity index (χ2v) is 5.25. The van der Waals surface area contributed by atoms with Crippen LogP contribution in [-0.2, 0) is 9.53 Å². The third-order valence-electron chi connectivity index (χ3n) is 3.38. The normalized spacial score (nSPS) is 20.3. The summed E-state index contributed by atoms with van der Waals surface area (Å²) in [6, 6.07) is -0.315. The molecule has 3 N–H and O–H groups in total. The Kier molecular flexibility index (Phi) is 6.62. The molecule has 2 unspecified atom stereocenters. The van der Waals surface area contributed by atoms with E-state index < -0.39 is 11.9 Å². The fraction of sp³-hybridized carbons (Fsp3) is 0.846. The van der Waals surface area contributed by atoms with Gasteiger partial charge in [-0.2, -0.15) is 0 Å². The van der Waals surface area contributed by atoms with Crippen LogP contribution in [0.2, 0.25) is 0 Å². The average Bonchev–Trinajstić information content (AvgIpc) is 2.81. The summed E-state index contributed by atoms with van der Waals surface area (Å²) in [5.41, 5.74) is 0. The van der Waals surface area contributed by atoms with Crippen molar-refractivity contribution in [2.24, 2.45) is 11.8 Å². The molecule has 1 heterocycles. The van der Waals surface area contributed by atoms with E-state index in [4.69, 9.17) is 9.84 Å². The number of nitrogens with one attached hydrogen (secondary N) is 2. The van der Waals surface area contributed by atoms with E-state index in [1.54, 1.807) is 0 Å². The van der Waals surface area contributed by atoms with E-state index in [1.165, 1.54) is 0 Å². The zero-order chi connectivity index (χ0) is 14.3. The van der Waals surface area contributed by atoms with Crippen LogP contribution in [0.15, 0.2) is 0 Å². The third-order valence-corrected chi connectivity index (χ3v) is 3.38. The van der Waals surface area contributed by atoms with E-state index in [0.29, 0.717) is 6.54 Å². The Balaban J connectivity index is 2.14. The van der Waals surface area contributed by atoms with Gasteiger partial charge in [-0.15, -0.1) is 0 Å². The summed E-state index contributed by atoms with van der Waals surface area (Å²) >= 11 is 0. The molecule has 6 heteroatoms. The van der Waals surface area contributed by atoms with E-state index in [2.05, 4.69) is 10.6 Å². The van der Waals surface area contributed by atoms with Crippen molar-refractivity contribution in [2.45, 2.75) is 39.2 Å². The standard InChI is InChI=1S/C13H24N2O4/c1-9(2)11(12(16)17)8-15-13(18)14-6-5-10-4-3-7-19-10/h9-11H,3-8H2,1-2H3,(H,16,17)(H2,14,15,18). The first-order valence-electron chi connectivity index (χ1n) is 6.86. The molecule has 6 nitrogen and oxygen atoms in total. The highest BCUT2D eigenvalue weighted by molar-refractivity contribution is 5.75. The summed E-state index contributed by atoms with van der Waals surface area (Å²) in [5, 5.41) is 14.3. The zero-order valence-electron chi connectivity index (χ0n) is 11.6. The van der Waals surface area contributed by atoms with Crippen molar-refractivity contribution in [3.8, 4) is 0 Å². The third kappa shape index (κ3) is 5.92. The number of ether oxygens (including phenoxy) is 1. The largest absolute Gasteiger partial charge is 0.481 e. The number of rotatable bonds is 7. The monoisotopic (exact) mass is 272 g/mol. The number of carbonyl (C=O) groups is 2. The van der Waals surface area contributed by atoms with Crippen LogP contribution in [0.5, 0.6) is 0 Å². The number of aliphatic carboxylic acids is 1. The second kappa shape index (κ2) is 7.99. The Labute approximate surface area is 113 Å². The van der Waals surface area contributed by atoms with Gasteiger partial charge in [0.1, 0.15) is 0 Å². The Morgan fingerprint density at radius 1 is 1.37 bits per heavy atom. The van der Waals surface area contributed by atoms with Crippen molar-refractivity contribution < 1.29 is 19.4 Å². The van der Waals surface area contributed by atoms with Gasteiger partial charge in [-0.05, 0) is 25.2 Å². The number of carbonyl (C=O) groups excluding carboxylic acids is 1. The quantitative estimate of drug-likeness (QED) is 0.650. The molecule has 1 fully saturated rings. The molecule has 0 bridgehead atoms. The minimum absolute atomic E-state index is 0.00955. The first-order valence-corrected chi connectivity index (χ1v) is 6.86. The predicted octanol–water partition coefficient (Wildman–Crippen LogP) is 1.21. The molecule has 110 valence electrons. The van der Waals surface area contributed by atoms with Crippen LogP contribution in [0.3, 0.4) is 0 Å². The van der Waals surface area contributed by atoms with Gasteiger partial charge in [0.05, 0.1) is 12.0 Å². The average molecular weight is 272 g/mol. The maximum absolute atomic E-state index is 11.5. The van der Waals surface area contributed by atoms with Crippen LogP contribution in [-0.4, -0.2) is 42.9 Å². The van der Waals surface area contributed by atoms with Gasteiger partial charge < -0.3 is 20.5 Å². The van der Waals surface area contributed by atoms with E-state index in [0.717, 1.165) is 25.9 Å². The Hall–Kier alpha value is -1.30. The molecule has 0 spiro atoms. The predicted molar refractivity (Wildman–Crippen MR) is 71.0 cm³/mol. The maximum atomic E-state index is 11.5. The maximum Gasteiger partial charge on any atom is 0.314 e. The fourth-order valence-electron chi connectivity index (χ4n) is 2.09. The molecule has 19 heavy (non-hydrogen) atoms. The summed E-state index contributed by atoms with van der Waals surface area (Å²) in [6.45, 7) is 5.17. The van der Waals surface area contributed by atoms with Gasteiger partial charge in [-0.3, -0.25) is 4.79 Å². The van der Waals surface area contributed by atoms with Crippen molar-refractivity contribution in [2.75, 3.05) is 19.7 Å². The van der Waals surface area contributed by atoms with Crippen molar-refractivity contribution >= 4 is 12.0 Å². The van der Waals surface area contributed by atoms with Crippen LogP contribution < -0.4 is 10.6 Å². The van der Waals surface area contributed by atoms with Gasteiger partial charge in [-0.25, -0.2) is 4.79 Å². The van der Waals surface area contributed by atoms with Crippen LogP contribution in [0, 0.1) is 11.8 Å². The SMILES string of the molecule is CC(C)C(CNC(=O)NCCC1CCCO1)C(=O)O. The first-order chi connectivity index (χ1) is 9.00. The Morgan fingerprint density at radius 2 is 2.11 bits per heavy atom. The molecule has 0 radical (unpaired) electrons. The minimum atomic E-state index is -0.880. The van der Waals surface area contributed by atoms with Crippen molar-refractivity contribution in [1.29, 1.82) is 0 Å². The number of amides is 2. The summed E-state index contributed by atoms with van der Waals surface area (Å²) in [6.07, 6.45) is 3.20. The van der Waals surface area contributed by atoms with E-state index >= 15 is 0 Å². The number of hydrogen-bond acceptors (Lipinski definition) is 3. The Morgan fingerprint density at radius 3 is 2.63 bits per heavy atom. The summed E-state index contributed by atoms with van der Waals surface area (Å²) in [5.74, 6) is -1.44. The molecular formula is C13H24N2O4.